The first kappa shape index (κ1) is 91.9. The number of rotatable bonds is 66. The molecule has 0 aromatic carbocycles. The minimum Gasteiger partial charge on any atom is -0.462 e. The number of ketones is 2. The van der Waals surface area contributed by atoms with Crippen LogP contribution in [0.4, 0.5) is 0 Å². The van der Waals surface area contributed by atoms with Gasteiger partial charge in [-0.2, -0.15) is 0 Å². The van der Waals surface area contributed by atoms with E-state index in [4.69, 9.17) is 37.9 Å². The van der Waals surface area contributed by atoms with Crippen LogP contribution >= 0.6 is 0 Å². The number of aliphatic hydroxyl groups is 3. The number of unbranched alkanes of at least 4 members (excludes halogenated alkanes) is 25. The molecule has 0 amide bonds. The van der Waals surface area contributed by atoms with Crippen LogP contribution in [-0.4, -0.2) is 142 Å². The second-order valence-corrected chi connectivity index (χ2v) is 27.2. The van der Waals surface area contributed by atoms with E-state index in [1.54, 1.807) is 27.7 Å². The van der Waals surface area contributed by atoms with E-state index in [1.165, 1.54) is 26.7 Å². The Morgan fingerprint density at radius 1 is 0.371 bits per heavy atom. The summed E-state index contributed by atoms with van der Waals surface area (Å²) in [6.45, 7) is 25.7. The third-order valence-electron chi connectivity index (χ3n) is 17.4. The Balaban J connectivity index is 5.69. The normalized spacial score (nSPS) is 14.6. The maximum atomic E-state index is 13.3. The summed E-state index contributed by atoms with van der Waals surface area (Å²) >= 11 is 0. The summed E-state index contributed by atoms with van der Waals surface area (Å²) in [6, 6.07) is 0. The summed E-state index contributed by atoms with van der Waals surface area (Å²) in [6.07, 6.45) is 30.8. The van der Waals surface area contributed by atoms with E-state index in [0.717, 1.165) is 172 Å². The van der Waals surface area contributed by atoms with Gasteiger partial charge in [0.15, 0.2) is 17.7 Å². The average molecular weight is 1380 g/mol. The highest BCUT2D eigenvalue weighted by atomic mass is 16.6. The van der Waals surface area contributed by atoms with Crippen molar-refractivity contribution in [2.45, 2.75) is 385 Å². The predicted molar refractivity (Wildman–Crippen MR) is 380 cm³/mol. The molecule has 0 saturated carbocycles. The quantitative estimate of drug-likeness (QED) is 0.0168. The number of allylic oxidation sites excluding steroid dienone is 1. The minimum atomic E-state index is -1.32. The maximum Gasteiger partial charge on any atom is 0.330 e. The fraction of sp³-hybridized carbons (Fsp3) is 0.795. The molecular weight excluding hydrogens is 1240 g/mol. The van der Waals surface area contributed by atoms with Crippen molar-refractivity contribution < 1.29 is 91.6 Å². The molecule has 0 saturated heterocycles. The largest absolute Gasteiger partial charge is 0.462 e. The molecule has 0 aromatic rings. The molecule has 0 spiro atoms. The zero-order chi connectivity index (χ0) is 72.7. The molecule has 19 heteroatoms. The topological polar surface area (TPSA) is 271 Å². The molecule has 0 fully saturated rings. The molecule has 560 valence electrons. The molecule has 19 nitrogen and oxygen atoms in total. The highest BCUT2D eigenvalue weighted by molar-refractivity contribution is 5.90. The number of esters is 6. The molecule has 9 unspecified atom stereocenters. The fourth-order valence-corrected chi connectivity index (χ4v) is 11.7. The first-order valence-electron chi connectivity index (χ1n) is 37.5. The third-order valence-corrected chi connectivity index (χ3v) is 17.4. The zero-order valence-electron chi connectivity index (χ0n) is 61.8. The molecule has 0 aromatic heterocycles. The summed E-state index contributed by atoms with van der Waals surface area (Å²) in [5.41, 5.74) is -2.64. The van der Waals surface area contributed by atoms with Crippen molar-refractivity contribution in [3.05, 3.63) is 50.1 Å². The summed E-state index contributed by atoms with van der Waals surface area (Å²) < 4.78 is 46.8. The molecule has 0 bridgehead atoms. The van der Waals surface area contributed by atoms with Crippen LogP contribution in [0.5, 0.6) is 0 Å². The lowest BCUT2D eigenvalue weighted by Crippen LogP contribution is -2.47. The molecule has 0 aliphatic rings. The van der Waals surface area contributed by atoms with Crippen LogP contribution in [0, 0.1) is 0 Å². The maximum absolute atomic E-state index is 13.3. The van der Waals surface area contributed by atoms with Crippen LogP contribution in [-0.2, 0) is 76.3 Å². The van der Waals surface area contributed by atoms with Gasteiger partial charge in [0, 0.05) is 37.5 Å². The van der Waals surface area contributed by atoms with Crippen LogP contribution in [0.25, 0.3) is 0 Å². The van der Waals surface area contributed by atoms with Crippen molar-refractivity contribution in [2.24, 2.45) is 0 Å². The van der Waals surface area contributed by atoms with Crippen molar-refractivity contribution in [1.82, 2.24) is 0 Å². The number of hydrogen-bond donors (Lipinski definition) is 3. The molecule has 0 aliphatic heterocycles. The van der Waals surface area contributed by atoms with Crippen molar-refractivity contribution in [3.8, 4) is 0 Å². The van der Waals surface area contributed by atoms with Gasteiger partial charge in [-0.05, 0) is 131 Å². The Morgan fingerprint density at radius 3 is 1.11 bits per heavy atom. The van der Waals surface area contributed by atoms with Gasteiger partial charge in [0.1, 0.15) is 54.9 Å². The van der Waals surface area contributed by atoms with Gasteiger partial charge < -0.3 is 53.2 Å². The first-order valence-corrected chi connectivity index (χ1v) is 37.5. The standard InChI is InChI=1S/C78H134O19/c1-13-19-22-24-32-41-49-63(81)64(93-69(82)16-4)50-42-35-30-38-46-55-72(85)90-58-62(92-74(87)57-48-37-29-27-26-28-34-45-54-67(96-77(9,10)75(88)60(7)79)65(51-40-21-15-3)94-70(83)17-5)59-91-73(86)56-47-39-31-36-43-52-66(95-71(84)18-6)68(53-44-33-25-23-20-14-2)97-78(11,12)76(89)61(8)80/h16-18,34,45,60-68,79-81H,4-6,13-15,19-33,35-44,46-59H2,1-3,7-12H3/b45-34-. The smallest absolute Gasteiger partial charge is 0.330 e. The summed E-state index contributed by atoms with van der Waals surface area (Å²) in [7, 11) is 0. The van der Waals surface area contributed by atoms with Gasteiger partial charge in [-0.15, -0.1) is 0 Å². The van der Waals surface area contributed by atoms with E-state index in [2.05, 4.69) is 40.5 Å². The number of aliphatic hydroxyl groups excluding tert-OH is 3. The van der Waals surface area contributed by atoms with Crippen molar-refractivity contribution >= 4 is 47.4 Å². The second kappa shape index (κ2) is 57.7. The Hall–Kier alpha value is -5.08. The third kappa shape index (κ3) is 47.6. The van der Waals surface area contributed by atoms with Crippen molar-refractivity contribution in [3.63, 3.8) is 0 Å². The Kier molecular flexibility index (Phi) is 54.6. The molecule has 0 rings (SSSR count). The minimum absolute atomic E-state index is 0.115. The Labute approximate surface area is 585 Å². The van der Waals surface area contributed by atoms with Gasteiger partial charge in [0.25, 0.3) is 0 Å². The molecule has 0 radical (unpaired) electrons. The van der Waals surface area contributed by atoms with Crippen LogP contribution in [0.3, 0.4) is 0 Å². The van der Waals surface area contributed by atoms with Crippen LogP contribution in [0.1, 0.15) is 319 Å². The summed E-state index contributed by atoms with van der Waals surface area (Å²) in [5, 5.41) is 31.1. The highest BCUT2D eigenvalue weighted by Crippen LogP contribution is 2.28. The Morgan fingerprint density at radius 2 is 0.691 bits per heavy atom. The van der Waals surface area contributed by atoms with Crippen LogP contribution in [0.15, 0.2) is 50.1 Å². The SMILES string of the molecule is C=CC(=O)OC(CCCCCCCC(=O)OCC(COC(=O)CCCCCCCC(OC(=O)C=C)C(CCCCCCCC)OC(C)(C)C(=O)C(C)O)OC(=O)CCCCCCC/C=C\CC(OC(C)(C)C(=O)C(C)O)C(CCCCC)OC(=O)C=C)C(O)CCCCCCCC. The number of ether oxygens (including phenoxy) is 8. The zero-order valence-corrected chi connectivity index (χ0v) is 61.8. The van der Waals surface area contributed by atoms with E-state index in [9.17, 15) is 53.7 Å². The van der Waals surface area contributed by atoms with Crippen LogP contribution in [0.2, 0.25) is 0 Å². The lowest BCUT2D eigenvalue weighted by molar-refractivity contribution is -0.175. The first-order chi connectivity index (χ1) is 46.3. The van der Waals surface area contributed by atoms with Gasteiger partial charge in [0.2, 0.25) is 0 Å². The predicted octanol–water partition coefficient (Wildman–Crippen LogP) is 16.1. The average Bonchev–Trinajstić information content (AvgIpc) is 0.860. The Bertz CT molecular complexity index is 2200. The molecule has 0 aliphatic carbocycles. The van der Waals surface area contributed by atoms with Gasteiger partial charge in [-0.25, -0.2) is 14.4 Å². The molecule has 97 heavy (non-hydrogen) atoms. The second-order valence-electron chi connectivity index (χ2n) is 27.2. The molecular formula is C78H134O19. The highest BCUT2D eigenvalue weighted by Gasteiger charge is 2.39. The van der Waals surface area contributed by atoms with Crippen molar-refractivity contribution in [2.75, 3.05) is 13.2 Å². The molecule has 0 heterocycles. The van der Waals surface area contributed by atoms with E-state index in [1.807, 2.05) is 12.2 Å². The van der Waals surface area contributed by atoms with E-state index < -0.39 is 114 Å². The monoisotopic (exact) mass is 1370 g/mol. The number of Topliss-reactive ketones (excluding diaryl/α,β-unsaturated/α-hetero) is 2. The van der Waals surface area contributed by atoms with E-state index in [-0.39, 0.29) is 32.5 Å². The summed E-state index contributed by atoms with van der Waals surface area (Å²) in [4.78, 5) is 102. The van der Waals surface area contributed by atoms with Gasteiger partial charge >= 0.3 is 35.8 Å². The van der Waals surface area contributed by atoms with Crippen LogP contribution < -0.4 is 0 Å². The lowest BCUT2D eigenvalue weighted by Gasteiger charge is -2.34. The van der Waals surface area contributed by atoms with Gasteiger partial charge in [-0.3, -0.25) is 24.0 Å². The van der Waals surface area contributed by atoms with Crippen molar-refractivity contribution in [1.29, 1.82) is 0 Å². The fourth-order valence-electron chi connectivity index (χ4n) is 11.7. The van der Waals surface area contributed by atoms with E-state index >= 15 is 0 Å². The molecule has 9 atom stereocenters. The number of carbonyl (C=O) groups excluding carboxylic acids is 8. The van der Waals surface area contributed by atoms with Gasteiger partial charge in [-0.1, -0.05) is 200 Å². The van der Waals surface area contributed by atoms with E-state index in [0.29, 0.717) is 70.6 Å². The lowest BCUT2D eigenvalue weighted by atomic mass is 9.95. The number of hydrogen-bond acceptors (Lipinski definition) is 19. The molecule has 3 N–H and O–H groups in total. The van der Waals surface area contributed by atoms with Gasteiger partial charge in [0.05, 0.1) is 18.3 Å². The summed E-state index contributed by atoms with van der Waals surface area (Å²) in [5.74, 6) is -4.11. The number of carbonyl (C=O) groups is 8.